The number of carbonyl (C=O) groups excluding carboxylic acids is 1. The van der Waals surface area contributed by atoms with Crippen molar-refractivity contribution in [1.29, 1.82) is 0 Å². The lowest BCUT2D eigenvalue weighted by atomic mass is 10.1. The van der Waals surface area contributed by atoms with Gasteiger partial charge in [0.05, 0.1) is 18.3 Å². The molecule has 3 heterocycles. The van der Waals surface area contributed by atoms with E-state index in [2.05, 4.69) is 5.32 Å². The topological polar surface area (TPSA) is 52.2 Å². The molecule has 2 aromatic rings. The van der Waals surface area contributed by atoms with Gasteiger partial charge in [-0.05, 0) is 23.6 Å². The van der Waals surface area contributed by atoms with Crippen LogP contribution in [0.25, 0.3) is 0 Å². The van der Waals surface area contributed by atoms with E-state index in [9.17, 15) is 4.79 Å². The number of rotatable bonds is 3. The van der Waals surface area contributed by atoms with Crippen LogP contribution in [0.1, 0.15) is 21.5 Å². The van der Waals surface area contributed by atoms with Crippen LogP contribution in [0.5, 0.6) is 0 Å². The Bertz CT molecular complexity index is 461. The zero-order valence-corrected chi connectivity index (χ0v) is 8.66. The van der Waals surface area contributed by atoms with Crippen molar-refractivity contribution < 1.29 is 9.21 Å². The summed E-state index contributed by atoms with van der Waals surface area (Å²) in [5, 5.41) is 5.18. The van der Waals surface area contributed by atoms with Crippen LogP contribution in [0.2, 0.25) is 0 Å². The minimum atomic E-state index is -0.102. The molecular formula is C11H9NO2S. The van der Waals surface area contributed by atoms with E-state index >= 15 is 0 Å². The van der Waals surface area contributed by atoms with Crippen molar-refractivity contribution in [2.24, 2.45) is 0 Å². The van der Waals surface area contributed by atoms with Crippen LogP contribution in [-0.4, -0.2) is 11.8 Å². The lowest BCUT2D eigenvalue weighted by molar-refractivity contribution is 0.0961. The molecule has 1 N–H and O–H groups in total. The number of hydrogen-bond donors (Lipinski definition) is 1. The molecule has 3 nitrogen and oxygen atoms in total. The molecule has 1 saturated heterocycles. The van der Waals surface area contributed by atoms with Gasteiger partial charge < -0.3 is 4.42 Å². The van der Waals surface area contributed by atoms with Gasteiger partial charge in [0.1, 0.15) is 0 Å². The molecule has 1 fully saturated rings. The monoisotopic (exact) mass is 219 g/mol. The summed E-state index contributed by atoms with van der Waals surface area (Å²) in [5.41, 5.74) is 0. The van der Waals surface area contributed by atoms with Crippen molar-refractivity contribution in [3.63, 3.8) is 0 Å². The van der Waals surface area contributed by atoms with Gasteiger partial charge in [-0.25, -0.2) is 0 Å². The highest BCUT2D eigenvalue weighted by Crippen LogP contribution is 2.34. The van der Waals surface area contributed by atoms with Gasteiger partial charge in [-0.1, -0.05) is 6.07 Å². The van der Waals surface area contributed by atoms with E-state index in [0.29, 0.717) is 5.76 Å². The lowest BCUT2D eigenvalue weighted by Crippen LogP contribution is -2.08. The average Bonchev–Trinajstić information content (AvgIpc) is 2.78. The van der Waals surface area contributed by atoms with Crippen molar-refractivity contribution in [1.82, 2.24) is 5.32 Å². The first-order valence-electron chi connectivity index (χ1n) is 4.73. The number of hydrogen-bond acceptors (Lipinski definition) is 4. The first kappa shape index (κ1) is 8.88. The number of thiophene rings is 1. The molecule has 1 aliphatic heterocycles. The van der Waals surface area contributed by atoms with Crippen LogP contribution < -0.4 is 5.32 Å². The highest BCUT2D eigenvalue weighted by Gasteiger charge is 2.44. The van der Waals surface area contributed by atoms with E-state index < -0.39 is 0 Å². The SMILES string of the molecule is O=C(c1ccco1)C1NC1c1cccs1. The van der Waals surface area contributed by atoms with E-state index in [4.69, 9.17) is 4.42 Å². The van der Waals surface area contributed by atoms with Crippen molar-refractivity contribution >= 4 is 17.1 Å². The van der Waals surface area contributed by atoms with Crippen LogP contribution in [0.15, 0.2) is 40.3 Å². The van der Waals surface area contributed by atoms with Gasteiger partial charge in [0, 0.05) is 4.88 Å². The van der Waals surface area contributed by atoms with Crippen molar-refractivity contribution in [3.05, 3.63) is 46.5 Å². The van der Waals surface area contributed by atoms with E-state index in [0.717, 1.165) is 0 Å². The second kappa shape index (κ2) is 3.32. The molecule has 2 aromatic heterocycles. The van der Waals surface area contributed by atoms with Gasteiger partial charge in [0.15, 0.2) is 5.76 Å². The number of Topliss-reactive ketones (excluding diaryl/α,β-unsaturated/α-hetero) is 1. The Morgan fingerprint density at radius 2 is 2.33 bits per heavy atom. The van der Waals surface area contributed by atoms with E-state index in [1.165, 1.54) is 11.1 Å². The second-order valence-electron chi connectivity index (χ2n) is 3.48. The third kappa shape index (κ3) is 1.52. The highest BCUT2D eigenvalue weighted by molar-refractivity contribution is 7.10. The summed E-state index contributed by atoms with van der Waals surface area (Å²) in [6.45, 7) is 0. The summed E-state index contributed by atoms with van der Waals surface area (Å²) in [4.78, 5) is 13.0. The fraction of sp³-hybridized carbons (Fsp3) is 0.182. The fourth-order valence-corrected chi connectivity index (χ4v) is 2.47. The molecule has 1 aliphatic rings. The molecule has 0 radical (unpaired) electrons. The quantitative estimate of drug-likeness (QED) is 0.636. The molecule has 0 saturated carbocycles. The molecule has 4 heteroatoms. The zero-order valence-electron chi connectivity index (χ0n) is 7.84. The number of furan rings is 1. The third-order valence-corrected chi connectivity index (χ3v) is 3.43. The van der Waals surface area contributed by atoms with Crippen LogP contribution in [0.4, 0.5) is 0 Å². The molecule has 2 unspecified atom stereocenters. The molecule has 15 heavy (non-hydrogen) atoms. The molecule has 0 amide bonds. The summed E-state index contributed by atoms with van der Waals surface area (Å²) < 4.78 is 5.08. The van der Waals surface area contributed by atoms with Crippen LogP contribution in [0, 0.1) is 0 Å². The standard InChI is InChI=1S/C11H9NO2S/c13-11(7-3-1-5-14-7)10-9(12-10)8-4-2-6-15-8/h1-6,9-10,12H. The molecule has 0 aromatic carbocycles. The number of nitrogens with one attached hydrogen (secondary N) is 1. The Kier molecular flexibility index (Phi) is 1.97. The third-order valence-electron chi connectivity index (χ3n) is 2.48. The summed E-state index contributed by atoms with van der Waals surface area (Å²) >= 11 is 1.67. The minimum absolute atomic E-state index is 0.0402. The fourth-order valence-electron chi connectivity index (χ4n) is 1.65. The Morgan fingerprint density at radius 1 is 1.40 bits per heavy atom. The summed E-state index contributed by atoms with van der Waals surface area (Å²) in [6.07, 6.45) is 1.52. The molecule has 76 valence electrons. The van der Waals surface area contributed by atoms with Gasteiger partial charge in [-0.2, -0.15) is 0 Å². The van der Waals surface area contributed by atoms with Crippen molar-refractivity contribution in [2.45, 2.75) is 12.1 Å². The smallest absolute Gasteiger partial charge is 0.216 e. The van der Waals surface area contributed by atoms with Crippen molar-refractivity contribution in [2.75, 3.05) is 0 Å². The Balaban J connectivity index is 1.75. The van der Waals surface area contributed by atoms with E-state index in [1.54, 1.807) is 23.5 Å². The van der Waals surface area contributed by atoms with Gasteiger partial charge in [-0.15, -0.1) is 11.3 Å². The summed E-state index contributed by atoms with van der Waals surface area (Å²) in [7, 11) is 0. The average molecular weight is 219 g/mol. The Labute approximate surface area is 90.7 Å². The zero-order chi connectivity index (χ0) is 10.3. The Hall–Kier alpha value is -1.39. The lowest BCUT2D eigenvalue weighted by Gasteiger charge is -1.91. The normalized spacial score (nSPS) is 24.0. The number of carbonyl (C=O) groups is 1. The van der Waals surface area contributed by atoms with Gasteiger partial charge >= 0.3 is 0 Å². The van der Waals surface area contributed by atoms with Crippen LogP contribution in [0.3, 0.4) is 0 Å². The second-order valence-corrected chi connectivity index (χ2v) is 4.46. The molecule has 0 bridgehead atoms. The summed E-state index contributed by atoms with van der Waals surface area (Å²) in [5.74, 6) is 0.477. The van der Waals surface area contributed by atoms with E-state index in [1.807, 2.05) is 17.5 Å². The first-order valence-corrected chi connectivity index (χ1v) is 5.61. The maximum atomic E-state index is 11.8. The molecule has 0 spiro atoms. The largest absolute Gasteiger partial charge is 0.461 e. The predicted octanol–water partition coefficient (Wildman–Crippen LogP) is 2.24. The highest BCUT2D eigenvalue weighted by atomic mass is 32.1. The molecule has 2 atom stereocenters. The number of ketones is 1. The Morgan fingerprint density at radius 3 is 3.00 bits per heavy atom. The van der Waals surface area contributed by atoms with Crippen molar-refractivity contribution in [3.8, 4) is 0 Å². The predicted molar refractivity (Wildman–Crippen MR) is 57.0 cm³/mol. The minimum Gasteiger partial charge on any atom is -0.461 e. The molecular weight excluding hydrogens is 210 g/mol. The summed E-state index contributed by atoms with van der Waals surface area (Å²) in [6, 6.07) is 7.55. The van der Waals surface area contributed by atoms with Gasteiger partial charge in [0.2, 0.25) is 5.78 Å². The maximum absolute atomic E-state index is 11.8. The van der Waals surface area contributed by atoms with Gasteiger partial charge in [-0.3, -0.25) is 10.1 Å². The maximum Gasteiger partial charge on any atom is 0.216 e. The van der Waals surface area contributed by atoms with E-state index in [-0.39, 0.29) is 17.9 Å². The van der Waals surface area contributed by atoms with Crippen LogP contribution in [-0.2, 0) is 0 Å². The molecule has 0 aliphatic carbocycles. The van der Waals surface area contributed by atoms with Crippen LogP contribution >= 0.6 is 11.3 Å². The van der Waals surface area contributed by atoms with Gasteiger partial charge in [0.25, 0.3) is 0 Å². The first-order chi connectivity index (χ1) is 7.36. The molecule has 3 rings (SSSR count).